The Morgan fingerprint density at radius 1 is 0.818 bits per heavy atom. The number of hydrogen-bond donors (Lipinski definition) is 0. The monoisotopic (exact) mass is 294 g/mol. The van der Waals surface area contributed by atoms with Crippen LogP contribution in [-0.2, 0) is 5.54 Å². The van der Waals surface area contributed by atoms with Gasteiger partial charge in [-0.15, -0.1) is 0 Å². The van der Waals surface area contributed by atoms with Crippen LogP contribution in [0.4, 0.5) is 0 Å². The van der Waals surface area contributed by atoms with Crippen molar-refractivity contribution in [3.05, 3.63) is 71.8 Å². The lowest BCUT2D eigenvalue weighted by Crippen LogP contribution is -2.59. The molecule has 0 N–H and O–H groups in total. The van der Waals surface area contributed by atoms with Crippen molar-refractivity contribution in [2.75, 3.05) is 21.1 Å². The fraction of sp³-hybridized carbons (Fsp3) is 0.429. The second-order valence-electron chi connectivity index (χ2n) is 7.51. The van der Waals surface area contributed by atoms with E-state index in [9.17, 15) is 0 Å². The van der Waals surface area contributed by atoms with Crippen LogP contribution >= 0.6 is 0 Å². The van der Waals surface area contributed by atoms with Crippen molar-refractivity contribution >= 4 is 0 Å². The molecule has 3 rings (SSSR count). The van der Waals surface area contributed by atoms with Crippen LogP contribution in [0.25, 0.3) is 0 Å². The molecule has 1 heteroatoms. The Bertz CT molecular complexity index is 597. The summed E-state index contributed by atoms with van der Waals surface area (Å²) in [5.74, 6) is 0.588. The third-order valence-corrected chi connectivity index (χ3v) is 5.55. The van der Waals surface area contributed by atoms with Crippen molar-refractivity contribution in [2.45, 2.75) is 37.1 Å². The Morgan fingerprint density at radius 2 is 1.41 bits per heavy atom. The molecule has 1 aliphatic carbocycles. The first-order valence-electron chi connectivity index (χ1n) is 8.48. The SMILES string of the molecule is C[N+](C)(C)C1(c2ccccc2)CCCCC1c1ccccc1. The fourth-order valence-corrected chi connectivity index (χ4v) is 4.55. The summed E-state index contributed by atoms with van der Waals surface area (Å²) in [4.78, 5) is 0. The van der Waals surface area contributed by atoms with Crippen molar-refractivity contribution in [3.8, 4) is 0 Å². The van der Waals surface area contributed by atoms with E-state index < -0.39 is 0 Å². The number of nitrogens with zero attached hydrogens (tertiary/aromatic N) is 1. The van der Waals surface area contributed by atoms with Crippen molar-refractivity contribution in [3.63, 3.8) is 0 Å². The molecular formula is C21H28N+. The Labute approximate surface area is 135 Å². The van der Waals surface area contributed by atoms with Gasteiger partial charge in [0.05, 0.1) is 21.1 Å². The number of quaternary nitrogens is 1. The molecular weight excluding hydrogens is 266 g/mol. The number of benzene rings is 2. The first kappa shape index (κ1) is 15.3. The van der Waals surface area contributed by atoms with Gasteiger partial charge in [-0.3, -0.25) is 0 Å². The molecule has 2 unspecified atom stereocenters. The van der Waals surface area contributed by atoms with E-state index in [-0.39, 0.29) is 5.54 Å². The third kappa shape index (κ3) is 2.48. The minimum atomic E-state index is 0.168. The first-order valence-corrected chi connectivity index (χ1v) is 8.48. The zero-order valence-corrected chi connectivity index (χ0v) is 14.1. The van der Waals surface area contributed by atoms with Gasteiger partial charge in [-0.2, -0.15) is 0 Å². The van der Waals surface area contributed by atoms with Gasteiger partial charge in [-0.1, -0.05) is 67.1 Å². The molecule has 2 aromatic rings. The lowest BCUT2D eigenvalue weighted by Gasteiger charge is -2.53. The summed E-state index contributed by atoms with van der Waals surface area (Å²) in [6.45, 7) is 0. The zero-order chi connectivity index (χ0) is 15.6. The van der Waals surface area contributed by atoms with E-state index >= 15 is 0 Å². The van der Waals surface area contributed by atoms with Gasteiger partial charge >= 0.3 is 0 Å². The van der Waals surface area contributed by atoms with E-state index in [1.54, 1.807) is 0 Å². The predicted molar refractivity (Wildman–Crippen MR) is 93.8 cm³/mol. The molecule has 1 fully saturated rings. The highest BCUT2D eigenvalue weighted by atomic mass is 15.3. The lowest BCUT2D eigenvalue weighted by molar-refractivity contribution is -0.936. The molecule has 0 spiro atoms. The normalized spacial score (nSPS) is 25.9. The van der Waals surface area contributed by atoms with Gasteiger partial charge in [-0.05, 0) is 18.4 Å². The maximum atomic E-state index is 2.37. The van der Waals surface area contributed by atoms with Crippen molar-refractivity contribution < 1.29 is 4.48 Å². The topological polar surface area (TPSA) is 0 Å². The van der Waals surface area contributed by atoms with Crippen molar-refractivity contribution in [1.29, 1.82) is 0 Å². The molecule has 1 nitrogen and oxygen atoms in total. The zero-order valence-electron chi connectivity index (χ0n) is 14.1. The highest BCUT2D eigenvalue weighted by Crippen LogP contribution is 2.52. The molecule has 116 valence electrons. The van der Waals surface area contributed by atoms with Gasteiger partial charge in [0.2, 0.25) is 0 Å². The summed E-state index contributed by atoms with van der Waals surface area (Å²) >= 11 is 0. The van der Waals surface area contributed by atoms with E-state index in [0.29, 0.717) is 5.92 Å². The van der Waals surface area contributed by atoms with E-state index in [1.165, 1.54) is 36.8 Å². The molecule has 22 heavy (non-hydrogen) atoms. The third-order valence-electron chi connectivity index (χ3n) is 5.55. The van der Waals surface area contributed by atoms with Crippen LogP contribution in [0.5, 0.6) is 0 Å². The molecule has 2 aromatic carbocycles. The molecule has 0 heterocycles. The summed E-state index contributed by atoms with van der Waals surface area (Å²) in [5.41, 5.74) is 3.16. The Kier molecular flexibility index (Phi) is 4.10. The lowest BCUT2D eigenvalue weighted by atomic mass is 9.64. The fourth-order valence-electron chi connectivity index (χ4n) is 4.55. The van der Waals surface area contributed by atoms with E-state index in [0.717, 1.165) is 4.48 Å². The molecule has 1 aliphatic rings. The van der Waals surface area contributed by atoms with Crippen LogP contribution in [0.15, 0.2) is 60.7 Å². The molecule has 0 saturated heterocycles. The maximum Gasteiger partial charge on any atom is 0.131 e. The first-order chi connectivity index (χ1) is 10.6. The summed E-state index contributed by atoms with van der Waals surface area (Å²) in [5, 5.41) is 0. The van der Waals surface area contributed by atoms with E-state index in [4.69, 9.17) is 0 Å². The standard InChI is InChI=1S/C21H28N/c1-22(2,3)21(19-14-8-5-9-15-19)17-11-10-16-20(21)18-12-6-4-7-13-18/h4-9,12-15,20H,10-11,16-17H2,1-3H3/q+1. The smallest absolute Gasteiger partial charge is 0.131 e. The second-order valence-corrected chi connectivity index (χ2v) is 7.51. The number of likely N-dealkylation sites (N-methyl/N-ethyl adjacent to an activating group) is 1. The quantitative estimate of drug-likeness (QED) is 0.703. The Hall–Kier alpha value is -1.60. The van der Waals surface area contributed by atoms with Gasteiger partial charge < -0.3 is 4.48 Å². The molecule has 0 bridgehead atoms. The van der Waals surface area contributed by atoms with E-state index in [1.807, 2.05) is 0 Å². The summed E-state index contributed by atoms with van der Waals surface area (Å²) < 4.78 is 0.983. The van der Waals surface area contributed by atoms with Gasteiger partial charge in [0.15, 0.2) is 0 Å². The number of hydrogen-bond acceptors (Lipinski definition) is 0. The average Bonchev–Trinajstić information content (AvgIpc) is 2.55. The van der Waals surface area contributed by atoms with Crippen LogP contribution in [0.3, 0.4) is 0 Å². The van der Waals surface area contributed by atoms with Gasteiger partial charge in [0.1, 0.15) is 5.54 Å². The molecule has 0 radical (unpaired) electrons. The van der Waals surface area contributed by atoms with Gasteiger partial charge in [-0.25, -0.2) is 0 Å². The largest absolute Gasteiger partial charge is 0.322 e. The van der Waals surface area contributed by atoms with Crippen molar-refractivity contribution in [1.82, 2.24) is 0 Å². The summed E-state index contributed by atoms with van der Waals surface area (Å²) in [7, 11) is 7.11. The molecule has 1 saturated carbocycles. The molecule has 0 amide bonds. The highest BCUT2D eigenvalue weighted by Gasteiger charge is 2.52. The van der Waals surface area contributed by atoms with Gasteiger partial charge in [0.25, 0.3) is 0 Å². The maximum absolute atomic E-state index is 2.37. The van der Waals surface area contributed by atoms with Crippen LogP contribution in [0.2, 0.25) is 0 Å². The van der Waals surface area contributed by atoms with Crippen LogP contribution < -0.4 is 0 Å². The predicted octanol–water partition coefficient (Wildman–Crippen LogP) is 4.95. The molecule has 2 atom stereocenters. The van der Waals surface area contributed by atoms with Crippen molar-refractivity contribution in [2.24, 2.45) is 0 Å². The minimum absolute atomic E-state index is 0.168. The average molecular weight is 294 g/mol. The summed E-state index contributed by atoms with van der Waals surface area (Å²) in [6.07, 6.45) is 5.22. The second kappa shape index (κ2) is 5.89. The Morgan fingerprint density at radius 3 is 2.00 bits per heavy atom. The highest BCUT2D eigenvalue weighted by molar-refractivity contribution is 5.32. The Balaban J connectivity index is 2.18. The van der Waals surface area contributed by atoms with Gasteiger partial charge in [0, 0.05) is 17.9 Å². The van der Waals surface area contributed by atoms with Crippen LogP contribution in [-0.4, -0.2) is 25.6 Å². The summed E-state index contributed by atoms with van der Waals surface area (Å²) in [6, 6.07) is 22.4. The van der Waals surface area contributed by atoms with Crippen LogP contribution in [0, 0.1) is 0 Å². The molecule has 0 aliphatic heterocycles. The molecule has 0 aromatic heterocycles. The van der Waals surface area contributed by atoms with Crippen LogP contribution in [0.1, 0.15) is 42.7 Å². The number of rotatable bonds is 3. The minimum Gasteiger partial charge on any atom is -0.322 e. The van der Waals surface area contributed by atoms with E-state index in [2.05, 4.69) is 81.8 Å².